The largest absolute Gasteiger partial charge is 0.256 e. The number of nitrogens with zero attached hydrogens (tertiary/aromatic N) is 9. The van der Waals surface area contributed by atoms with E-state index in [1.165, 1.54) is 0 Å². The lowest BCUT2D eigenvalue weighted by atomic mass is 10.0. The van der Waals surface area contributed by atoms with Crippen LogP contribution < -0.4 is 0 Å². The predicted octanol–water partition coefficient (Wildman–Crippen LogP) is 8.82. The molecule has 0 saturated carbocycles. The van der Waals surface area contributed by atoms with Gasteiger partial charge in [-0.15, -0.1) is 0 Å². The first-order chi connectivity index (χ1) is 25.3. The summed E-state index contributed by atoms with van der Waals surface area (Å²) in [6, 6.07) is 48.5. The number of pyridine rings is 3. The third-order valence-electron chi connectivity index (χ3n) is 9.09. The lowest BCUT2D eigenvalue weighted by Gasteiger charge is -2.08. The molecule has 0 atom stereocenters. The molecule has 0 spiro atoms. The zero-order chi connectivity index (χ0) is 33.7. The number of fused-ring (bicyclic) bond motifs is 6. The molecule has 0 bridgehead atoms. The van der Waals surface area contributed by atoms with Crippen molar-refractivity contribution in [2.75, 3.05) is 0 Å². The second-order valence-corrected chi connectivity index (χ2v) is 12.1. The maximum Gasteiger partial charge on any atom is 0.171 e. The molecule has 9 nitrogen and oxygen atoms in total. The molecular weight excluding hydrogens is 631 g/mol. The summed E-state index contributed by atoms with van der Waals surface area (Å²) in [4.78, 5) is 14.6. The van der Waals surface area contributed by atoms with Gasteiger partial charge < -0.3 is 0 Å². The second kappa shape index (κ2) is 11.7. The molecule has 0 fully saturated rings. The Labute approximate surface area is 291 Å². The molecule has 10 rings (SSSR count). The molecule has 51 heavy (non-hydrogen) atoms. The fourth-order valence-corrected chi connectivity index (χ4v) is 6.89. The van der Waals surface area contributed by atoms with Gasteiger partial charge in [-0.05, 0) is 36.4 Å². The average Bonchev–Trinajstić information content (AvgIpc) is 3.92. The van der Waals surface area contributed by atoms with Crippen molar-refractivity contribution in [3.63, 3.8) is 0 Å². The van der Waals surface area contributed by atoms with E-state index >= 15 is 0 Å². The van der Waals surface area contributed by atoms with Crippen LogP contribution >= 0.6 is 0 Å². The lowest BCUT2D eigenvalue weighted by Crippen LogP contribution is -2.07. The fourth-order valence-electron chi connectivity index (χ4n) is 6.89. The van der Waals surface area contributed by atoms with Crippen molar-refractivity contribution in [2.45, 2.75) is 0 Å². The van der Waals surface area contributed by atoms with Gasteiger partial charge in [0.05, 0.1) is 33.8 Å². The van der Waals surface area contributed by atoms with E-state index in [2.05, 4.69) is 36.4 Å². The van der Waals surface area contributed by atoms with Gasteiger partial charge in [0.2, 0.25) is 0 Å². The molecule has 9 heteroatoms. The molecule has 0 aliphatic heterocycles. The van der Waals surface area contributed by atoms with Crippen LogP contribution in [0.1, 0.15) is 0 Å². The maximum atomic E-state index is 5.43. The van der Waals surface area contributed by atoms with Gasteiger partial charge in [-0.3, -0.25) is 15.0 Å². The van der Waals surface area contributed by atoms with E-state index in [1.807, 2.05) is 141 Å². The van der Waals surface area contributed by atoms with Crippen LogP contribution in [0.4, 0.5) is 0 Å². The predicted molar refractivity (Wildman–Crippen MR) is 199 cm³/mol. The summed E-state index contributed by atoms with van der Waals surface area (Å²) in [6.45, 7) is 0. The van der Waals surface area contributed by atoms with Crippen molar-refractivity contribution in [1.29, 1.82) is 0 Å². The molecular formula is C42H27N9. The van der Waals surface area contributed by atoms with Crippen molar-refractivity contribution in [1.82, 2.24) is 43.8 Å². The van der Waals surface area contributed by atoms with Gasteiger partial charge in [0.15, 0.2) is 16.9 Å². The standard InChI is InChI=1S/C42H27N9/c1-4-16-28(17-5-1)37-34(31-22-10-13-25-43-31)40-49(46-37)41-35(32-23-11-14-26-44-32)38(29-18-6-2-7-19-29)48-51(41)42-36(33-24-12-15-27-45-33)39(47-50(40)42)30-20-8-3-9-21-30/h1-27H. The lowest BCUT2D eigenvalue weighted by molar-refractivity contribution is 0.832. The highest BCUT2D eigenvalue weighted by molar-refractivity contribution is 5.99. The first-order valence-electron chi connectivity index (χ1n) is 16.7. The van der Waals surface area contributed by atoms with E-state index in [-0.39, 0.29) is 0 Å². The summed E-state index contributed by atoms with van der Waals surface area (Å²) in [7, 11) is 0. The van der Waals surface area contributed by atoms with Crippen molar-refractivity contribution in [3.05, 3.63) is 164 Å². The highest BCUT2D eigenvalue weighted by atomic mass is 15.5. The number of benzene rings is 3. The van der Waals surface area contributed by atoms with Gasteiger partial charge in [-0.1, -0.05) is 109 Å². The van der Waals surface area contributed by atoms with Crippen LogP contribution in [0.2, 0.25) is 0 Å². The Bertz CT molecular complexity index is 2470. The van der Waals surface area contributed by atoms with Crippen LogP contribution in [-0.4, -0.2) is 43.8 Å². The highest BCUT2D eigenvalue weighted by Gasteiger charge is 2.31. The Hall–Kier alpha value is -7.26. The molecule has 3 aromatic carbocycles. The Morgan fingerprint density at radius 2 is 0.569 bits per heavy atom. The Balaban J connectivity index is 1.50. The molecule has 240 valence electrons. The van der Waals surface area contributed by atoms with Crippen molar-refractivity contribution >= 4 is 16.9 Å². The molecule has 0 N–H and O–H groups in total. The first kappa shape index (κ1) is 28.7. The summed E-state index contributed by atoms with van der Waals surface area (Å²) < 4.78 is 5.90. The minimum Gasteiger partial charge on any atom is -0.256 e. The topological polar surface area (TPSA) is 90.6 Å². The second-order valence-electron chi connectivity index (χ2n) is 12.1. The maximum absolute atomic E-state index is 5.43. The van der Waals surface area contributed by atoms with Gasteiger partial charge in [-0.25, -0.2) is 0 Å². The Morgan fingerprint density at radius 3 is 0.824 bits per heavy atom. The van der Waals surface area contributed by atoms with Gasteiger partial charge in [0.25, 0.3) is 0 Å². The summed E-state index contributed by atoms with van der Waals surface area (Å²) >= 11 is 0. The molecule has 0 unspecified atom stereocenters. The van der Waals surface area contributed by atoms with Gasteiger partial charge in [0.1, 0.15) is 17.1 Å². The van der Waals surface area contributed by atoms with E-state index in [0.717, 1.165) is 84.5 Å². The van der Waals surface area contributed by atoms with Crippen LogP contribution in [0.3, 0.4) is 0 Å². The zero-order valence-electron chi connectivity index (χ0n) is 27.1. The van der Waals surface area contributed by atoms with Crippen LogP contribution in [-0.2, 0) is 0 Å². The molecule has 7 heterocycles. The van der Waals surface area contributed by atoms with E-state index in [0.29, 0.717) is 0 Å². The van der Waals surface area contributed by atoms with E-state index in [9.17, 15) is 0 Å². The van der Waals surface area contributed by atoms with E-state index in [4.69, 9.17) is 30.2 Å². The van der Waals surface area contributed by atoms with Crippen LogP contribution in [0, 0.1) is 0 Å². The van der Waals surface area contributed by atoms with E-state index in [1.54, 1.807) is 0 Å². The van der Waals surface area contributed by atoms with Crippen molar-refractivity contribution < 1.29 is 0 Å². The molecule has 7 aromatic heterocycles. The minimum absolute atomic E-state index is 0.742. The summed E-state index contributed by atoms with van der Waals surface area (Å²) in [5.74, 6) is 0. The average molecular weight is 658 g/mol. The van der Waals surface area contributed by atoms with Gasteiger partial charge in [-0.2, -0.15) is 28.8 Å². The van der Waals surface area contributed by atoms with Gasteiger partial charge >= 0.3 is 0 Å². The minimum atomic E-state index is 0.742. The van der Waals surface area contributed by atoms with Crippen molar-refractivity contribution in [2.24, 2.45) is 0 Å². The Morgan fingerprint density at radius 1 is 0.294 bits per heavy atom. The third-order valence-corrected chi connectivity index (χ3v) is 9.09. The van der Waals surface area contributed by atoms with Crippen LogP contribution in [0.5, 0.6) is 0 Å². The SMILES string of the molecule is c1ccc(-c2nn3c(c2-c2ccccn2)n2nc(-c4ccccc4)c(-c4ccccn4)c2n2nc(-c4ccccc4)c(-c4ccccn4)c32)cc1. The van der Waals surface area contributed by atoms with Crippen LogP contribution in [0.25, 0.3) is 84.5 Å². The molecule has 0 saturated heterocycles. The molecule has 0 radical (unpaired) electrons. The monoisotopic (exact) mass is 657 g/mol. The van der Waals surface area contributed by atoms with E-state index < -0.39 is 0 Å². The molecule has 0 amide bonds. The Kier molecular flexibility index (Phi) is 6.60. The fraction of sp³-hybridized carbons (Fsp3) is 0. The summed E-state index contributed by atoms with van der Waals surface area (Å²) in [5, 5.41) is 16.3. The number of rotatable bonds is 6. The normalized spacial score (nSPS) is 11.5. The van der Waals surface area contributed by atoms with Crippen LogP contribution in [0.15, 0.2) is 164 Å². The molecule has 10 aromatic rings. The zero-order valence-corrected chi connectivity index (χ0v) is 27.1. The smallest absolute Gasteiger partial charge is 0.171 e. The third kappa shape index (κ3) is 4.56. The first-order valence-corrected chi connectivity index (χ1v) is 16.7. The number of aromatic nitrogens is 9. The number of hydrogen-bond donors (Lipinski definition) is 0. The summed E-state index contributed by atoms with van der Waals surface area (Å²) in [5.41, 5.74) is 12.3. The van der Waals surface area contributed by atoms with Crippen molar-refractivity contribution in [3.8, 4) is 67.5 Å². The molecule has 0 aliphatic rings. The molecule has 0 aliphatic carbocycles. The van der Waals surface area contributed by atoms with Gasteiger partial charge in [0, 0.05) is 35.3 Å². The summed E-state index contributed by atoms with van der Waals surface area (Å²) in [6.07, 6.45) is 5.44. The quantitative estimate of drug-likeness (QED) is 0.178. The highest BCUT2D eigenvalue weighted by Crippen LogP contribution is 2.43. The number of hydrogen-bond acceptors (Lipinski definition) is 6.